The number of rotatable bonds is 4. The van der Waals surface area contributed by atoms with Crippen LogP contribution in [0.15, 0.2) is 0 Å². The van der Waals surface area contributed by atoms with Crippen molar-refractivity contribution in [2.24, 2.45) is 0 Å². The Morgan fingerprint density at radius 2 is 1.00 bits per heavy atom. The first-order valence-corrected chi connectivity index (χ1v) is 10.5. The van der Waals surface area contributed by atoms with Crippen molar-refractivity contribution in [1.29, 1.82) is 0 Å². The molecule has 0 aromatic rings. The Kier molecular flexibility index (Phi) is 11.6. The molecule has 3 heteroatoms. The molecule has 0 heterocycles. The van der Waals surface area contributed by atoms with Gasteiger partial charge in [0.2, 0.25) is 0 Å². The summed E-state index contributed by atoms with van der Waals surface area (Å²) < 4.78 is 0. The van der Waals surface area contributed by atoms with E-state index in [0.717, 1.165) is 37.8 Å². The lowest BCUT2D eigenvalue weighted by molar-refractivity contribution is -0.117. The zero-order valence-corrected chi connectivity index (χ0v) is 16.7. The van der Waals surface area contributed by atoms with Crippen molar-refractivity contribution < 1.29 is 4.79 Å². The maximum atomic E-state index is 10.2. The van der Waals surface area contributed by atoms with Crippen molar-refractivity contribution in [2.45, 2.75) is 129 Å². The number of ketones is 1. The van der Waals surface area contributed by atoms with E-state index in [0.29, 0.717) is 17.9 Å². The van der Waals surface area contributed by atoms with Crippen molar-refractivity contribution in [1.82, 2.24) is 10.6 Å². The van der Waals surface area contributed by atoms with Crippen molar-refractivity contribution in [3.05, 3.63) is 0 Å². The van der Waals surface area contributed by atoms with Gasteiger partial charge in [-0.3, -0.25) is 4.79 Å². The first-order valence-electron chi connectivity index (χ1n) is 10.5. The van der Waals surface area contributed by atoms with Crippen LogP contribution in [0.4, 0.5) is 0 Å². The van der Waals surface area contributed by atoms with Crippen LogP contribution < -0.4 is 10.6 Å². The average molecular weight is 339 g/mol. The van der Waals surface area contributed by atoms with E-state index >= 15 is 0 Å². The molecule has 0 aromatic heterocycles. The Morgan fingerprint density at radius 1 is 0.667 bits per heavy atom. The van der Waals surface area contributed by atoms with Crippen LogP contribution >= 0.6 is 0 Å². The molecule has 3 saturated carbocycles. The number of hydrogen-bond acceptors (Lipinski definition) is 3. The highest BCUT2D eigenvalue weighted by Crippen LogP contribution is 2.18. The lowest BCUT2D eigenvalue weighted by atomic mass is 10.2. The molecule has 0 radical (unpaired) electrons. The largest absolute Gasteiger partial charge is 0.312 e. The van der Waals surface area contributed by atoms with E-state index in [1.807, 2.05) is 0 Å². The Balaban J connectivity index is 0.000000184. The lowest BCUT2D eigenvalue weighted by Crippen LogP contribution is -2.32. The van der Waals surface area contributed by atoms with Gasteiger partial charge in [0, 0.05) is 37.0 Å². The van der Waals surface area contributed by atoms with E-state index in [1.54, 1.807) is 0 Å². The molecule has 2 N–H and O–H groups in total. The maximum Gasteiger partial charge on any atom is 0.132 e. The summed E-state index contributed by atoms with van der Waals surface area (Å²) >= 11 is 0. The molecule has 142 valence electrons. The molecule has 0 bridgehead atoms. The summed E-state index contributed by atoms with van der Waals surface area (Å²) in [5, 5.41) is 7.08. The van der Waals surface area contributed by atoms with Crippen molar-refractivity contribution in [2.75, 3.05) is 0 Å². The molecule has 3 aliphatic carbocycles. The van der Waals surface area contributed by atoms with Crippen molar-refractivity contribution in [3.8, 4) is 0 Å². The number of carbonyl (C=O) groups excluding carboxylic acids is 1. The Bertz CT molecular complexity index is 286. The van der Waals surface area contributed by atoms with Gasteiger partial charge in [0.25, 0.3) is 0 Å². The van der Waals surface area contributed by atoms with Gasteiger partial charge in [0.05, 0.1) is 0 Å². The van der Waals surface area contributed by atoms with E-state index in [2.05, 4.69) is 38.3 Å². The van der Waals surface area contributed by atoms with Gasteiger partial charge in [-0.25, -0.2) is 0 Å². The predicted octanol–water partition coefficient (Wildman–Crippen LogP) is 4.98. The first-order chi connectivity index (χ1) is 11.5. The third-order valence-corrected chi connectivity index (χ3v) is 5.01. The fraction of sp³-hybridized carbons (Fsp3) is 0.952. The molecule has 3 rings (SSSR count). The number of Topliss-reactive ketones (excluding diaryl/α,β-unsaturated/α-hetero) is 1. The van der Waals surface area contributed by atoms with Gasteiger partial charge < -0.3 is 10.6 Å². The topological polar surface area (TPSA) is 41.1 Å². The van der Waals surface area contributed by atoms with E-state index < -0.39 is 0 Å². The molecule has 0 atom stereocenters. The third kappa shape index (κ3) is 11.2. The van der Waals surface area contributed by atoms with Crippen LogP contribution in [-0.4, -0.2) is 30.0 Å². The third-order valence-electron chi connectivity index (χ3n) is 5.01. The summed E-state index contributed by atoms with van der Waals surface area (Å²) in [6.07, 6.45) is 15.3. The molecule has 24 heavy (non-hydrogen) atoms. The minimum Gasteiger partial charge on any atom is -0.312 e. The Hall–Kier alpha value is -0.410. The van der Waals surface area contributed by atoms with Crippen LogP contribution in [0.25, 0.3) is 0 Å². The minimum absolute atomic E-state index is 0.454. The molecular weight excluding hydrogens is 296 g/mol. The smallest absolute Gasteiger partial charge is 0.132 e. The van der Waals surface area contributed by atoms with Crippen LogP contribution in [-0.2, 0) is 4.79 Å². The highest BCUT2D eigenvalue weighted by Gasteiger charge is 2.15. The molecular formula is C21H42N2O. The highest BCUT2D eigenvalue weighted by atomic mass is 16.1. The van der Waals surface area contributed by atoms with Crippen LogP contribution in [0, 0.1) is 0 Å². The Morgan fingerprint density at radius 3 is 1.21 bits per heavy atom. The maximum absolute atomic E-state index is 10.2. The molecule has 0 spiro atoms. The van der Waals surface area contributed by atoms with Gasteiger partial charge in [-0.1, -0.05) is 53.4 Å². The summed E-state index contributed by atoms with van der Waals surface area (Å²) in [5.41, 5.74) is 0. The molecule has 0 unspecified atom stereocenters. The molecule has 3 nitrogen and oxygen atoms in total. The highest BCUT2D eigenvalue weighted by molar-refractivity contribution is 5.80. The van der Waals surface area contributed by atoms with Gasteiger partial charge in [0.15, 0.2) is 0 Å². The summed E-state index contributed by atoms with van der Waals surface area (Å²) in [6.45, 7) is 8.88. The Labute approximate surface area is 150 Å². The molecule has 3 aliphatic rings. The van der Waals surface area contributed by atoms with Gasteiger partial charge in [-0.15, -0.1) is 0 Å². The molecule has 0 amide bonds. The molecule has 0 aromatic carbocycles. The lowest BCUT2D eigenvalue weighted by Gasteiger charge is -2.14. The second-order valence-electron chi connectivity index (χ2n) is 8.35. The van der Waals surface area contributed by atoms with Gasteiger partial charge >= 0.3 is 0 Å². The second kappa shape index (κ2) is 12.9. The quantitative estimate of drug-likeness (QED) is 0.759. The van der Waals surface area contributed by atoms with Crippen LogP contribution in [0.2, 0.25) is 0 Å². The molecule has 3 fully saturated rings. The normalized spacial score (nSPS) is 21.8. The van der Waals surface area contributed by atoms with Gasteiger partial charge in [-0.05, 0) is 38.5 Å². The fourth-order valence-electron chi connectivity index (χ4n) is 3.90. The number of nitrogens with one attached hydrogen (secondary N) is 2. The van der Waals surface area contributed by atoms with Gasteiger partial charge in [0.1, 0.15) is 5.78 Å². The molecule has 0 aliphatic heterocycles. The summed E-state index contributed by atoms with van der Waals surface area (Å²) in [7, 11) is 0. The molecule has 0 saturated heterocycles. The monoisotopic (exact) mass is 338 g/mol. The summed E-state index contributed by atoms with van der Waals surface area (Å²) in [4.78, 5) is 10.2. The van der Waals surface area contributed by atoms with E-state index in [1.165, 1.54) is 51.4 Å². The SMILES string of the molecule is CC(C)NC1CCCC1.CC(C)NC1CCCC1.O=C1CCCC1. The van der Waals surface area contributed by atoms with Crippen molar-refractivity contribution >= 4 is 5.78 Å². The summed E-state index contributed by atoms with van der Waals surface area (Å²) in [6, 6.07) is 3.02. The van der Waals surface area contributed by atoms with Crippen LogP contribution in [0.3, 0.4) is 0 Å². The standard InChI is InChI=1S/2C8H17N.C5H8O/c2*1-7(2)9-8-5-3-4-6-8;6-5-3-1-2-4-5/h2*7-9H,3-6H2,1-2H3;1-4H2. The summed E-state index contributed by atoms with van der Waals surface area (Å²) in [5.74, 6) is 0.454. The van der Waals surface area contributed by atoms with Gasteiger partial charge in [-0.2, -0.15) is 0 Å². The van der Waals surface area contributed by atoms with E-state index in [9.17, 15) is 4.79 Å². The minimum atomic E-state index is 0.454. The number of carbonyl (C=O) groups is 1. The van der Waals surface area contributed by atoms with E-state index in [4.69, 9.17) is 0 Å². The fourth-order valence-corrected chi connectivity index (χ4v) is 3.90. The first kappa shape index (κ1) is 21.6. The zero-order valence-electron chi connectivity index (χ0n) is 16.7. The van der Waals surface area contributed by atoms with E-state index in [-0.39, 0.29) is 0 Å². The second-order valence-corrected chi connectivity index (χ2v) is 8.35. The van der Waals surface area contributed by atoms with Crippen molar-refractivity contribution in [3.63, 3.8) is 0 Å². The zero-order chi connectivity index (χ0) is 17.8. The average Bonchev–Trinajstić information content (AvgIpc) is 3.23. The van der Waals surface area contributed by atoms with Crippen LogP contribution in [0.1, 0.15) is 105 Å². The predicted molar refractivity (Wildman–Crippen MR) is 105 cm³/mol. The number of hydrogen-bond donors (Lipinski definition) is 2. The van der Waals surface area contributed by atoms with Crippen LogP contribution in [0.5, 0.6) is 0 Å².